The number of aliphatic imine (C=N–C) groups is 1. The zero-order chi connectivity index (χ0) is 6.69. The molecule has 0 aliphatic carbocycles. The van der Waals surface area contributed by atoms with Crippen molar-refractivity contribution in [3.63, 3.8) is 0 Å². The van der Waals surface area contributed by atoms with Crippen LogP contribution in [0.3, 0.4) is 0 Å². The second-order valence-corrected chi connectivity index (χ2v) is 2.22. The topological polar surface area (TPSA) is 21.6 Å². The zero-order valence-electron chi connectivity index (χ0n) is 5.79. The van der Waals surface area contributed by atoms with Gasteiger partial charge in [-0.15, -0.1) is 0 Å². The zero-order valence-corrected chi connectivity index (χ0v) is 5.79. The number of methoxy groups -OCH3 is 1. The Labute approximate surface area is 55.2 Å². The van der Waals surface area contributed by atoms with Gasteiger partial charge in [-0.1, -0.05) is 13.0 Å². The highest BCUT2D eigenvalue weighted by Crippen LogP contribution is 2.04. The molecule has 0 aromatic carbocycles. The standard InChI is InChI=1S/C7H11NO/c1-6-3-4-7(9-2)8-5-6/h3-4,6H,5H2,1-2H3/t6-/m0/s1. The minimum absolute atomic E-state index is 0.573. The Hall–Kier alpha value is -0.790. The van der Waals surface area contributed by atoms with Gasteiger partial charge in [0, 0.05) is 6.54 Å². The van der Waals surface area contributed by atoms with E-state index in [1.54, 1.807) is 7.11 Å². The minimum Gasteiger partial charge on any atom is -0.481 e. The number of hydrogen-bond donors (Lipinski definition) is 0. The van der Waals surface area contributed by atoms with Gasteiger partial charge in [0.15, 0.2) is 0 Å². The van der Waals surface area contributed by atoms with Crippen molar-refractivity contribution in [1.82, 2.24) is 0 Å². The monoisotopic (exact) mass is 125 g/mol. The van der Waals surface area contributed by atoms with Crippen molar-refractivity contribution < 1.29 is 4.74 Å². The van der Waals surface area contributed by atoms with Crippen LogP contribution in [0.2, 0.25) is 0 Å². The van der Waals surface area contributed by atoms with Crippen LogP contribution in [0.5, 0.6) is 0 Å². The summed E-state index contributed by atoms with van der Waals surface area (Å²) in [5.74, 6) is 1.32. The summed E-state index contributed by atoms with van der Waals surface area (Å²) in [5, 5.41) is 0. The first kappa shape index (κ1) is 6.33. The van der Waals surface area contributed by atoms with Crippen LogP contribution in [0.25, 0.3) is 0 Å². The number of rotatable bonds is 0. The Morgan fingerprint density at radius 2 is 2.56 bits per heavy atom. The van der Waals surface area contributed by atoms with Crippen molar-refractivity contribution in [1.29, 1.82) is 0 Å². The Balaban J connectivity index is 2.52. The molecule has 1 rings (SSSR count). The molecule has 0 spiro atoms. The predicted molar refractivity (Wildman–Crippen MR) is 37.6 cm³/mol. The van der Waals surface area contributed by atoms with Gasteiger partial charge in [0.2, 0.25) is 5.90 Å². The number of hydrogen-bond acceptors (Lipinski definition) is 2. The lowest BCUT2D eigenvalue weighted by Gasteiger charge is -2.08. The Morgan fingerprint density at radius 1 is 1.78 bits per heavy atom. The summed E-state index contributed by atoms with van der Waals surface area (Å²) in [7, 11) is 1.64. The van der Waals surface area contributed by atoms with E-state index in [1.165, 1.54) is 0 Å². The molecule has 1 aliphatic rings. The predicted octanol–water partition coefficient (Wildman–Crippen LogP) is 1.24. The van der Waals surface area contributed by atoms with Crippen LogP contribution >= 0.6 is 0 Å². The minimum atomic E-state index is 0.573. The fourth-order valence-corrected chi connectivity index (χ4v) is 0.727. The molecule has 1 atom stereocenters. The van der Waals surface area contributed by atoms with Crippen LogP contribution in [0.1, 0.15) is 6.92 Å². The molecule has 0 N–H and O–H groups in total. The van der Waals surface area contributed by atoms with E-state index in [4.69, 9.17) is 4.74 Å². The largest absolute Gasteiger partial charge is 0.481 e. The van der Waals surface area contributed by atoms with Crippen molar-refractivity contribution in [2.75, 3.05) is 13.7 Å². The molecule has 0 aromatic rings. The van der Waals surface area contributed by atoms with E-state index in [1.807, 2.05) is 6.08 Å². The van der Waals surface area contributed by atoms with Gasteiger partial charge in [-0.05, 0) is 12.0 Å². The highest BCUT2D eigenvalue weighted by Gasteiger charge is 2.02. The molecule has 0 radical (unpaired) electrons. The molecule has 9 heavy (non-hydrogen) atoms. The number of ether oxygens (including phenoxy) is 1. The normalized spacial score (nSPS) is 25.6. The maximum atomic E-state index is 4.90. The van der Waals surface area contributed by atoms with Gasteiger partial charge in [-0.25, -0.2) is 0 Å². The van der Waals surface area contributed by atoms with E-state index in [2.05, 4.69) is 18.0 Å². The average Bonchev–Trinajstić information content (AvgIpc) is 1.90. The van der Waals surface area contributed by atoms with Crippen LogP contribution in [0.15, 0.2) is 17.1 Å². The SMILES string of the molecule is COC1=NC[C@@H](C)C=C1. The van der Waals surface area contributed by atoms with Crippen LogP contribution in [0, 0.1) is 5.92 Å². The first-order valence-electron chi connectivity index (χ1n) is 3.09. The van der Waals surface area contributed by atoms with Crippen molar-refractivity contribution in [2.24, 2.45) is 10.9 Å². The number of dihydropyridines is 1. The van der Waals surface area contributed by atoms with Crippen LogP contribution in [-0.2, 0) is 4.74 Å². The molecule has 0 unspecified atom stereocenters. The Kier molecular flexibility index (Phi) is 1.88. The third-order valence-corrected chi connectivity index (χ3v) is 1.31. The molecule has 0 aromatic heterocycles. The summed E-state index contributed by atoms with van der Waals surface area (Å²) >= 11 is 0. The van der Waals surface area contributed by atoms with Gasteiger partial charge < -0.3 is 4.74 Å². The van der Waals surface area contributed by atoms with Gasteiger partial charge >= 0.3 is 0 Å². The molecule has 2 nitrogen and oxygen atoms in total. The van der Waals surface area contributed by atoms with E-state index >= 15 is 0 Å². The molecule has 1 aliphatic heterocycles. The molecule has 0 fully saturated rings. The molecule has 0 amide bonds. The number of nitrogens with zero attached hydrogens (tertiary/aromatic N) is 1. The first-order chi connectivity index (χ1) is 4.33. The maximum Gasteiger partial charge on any atom is 0.207 e. The van der Waals surface area contributed by atoms with Crippen molar-refractivity contribution in [3.8, 4) is 0 Å². The van der Waals surface area contributed by atoms with E-state index in [0.29, 0.717) is 5.92 Å². The van der Waals surface area contributed by atoms with Gasteiger partial charge in [0.1, 0.15) is 0 Å². The molecule has 0 saturated carbocycles. The molecule has 50 valence electrons. The van der Waals surface area contributed by atoms with E-state index < -0.39 is 0 Å². The molecule has 2 heteroatoms. The summed E-state index contributed by atoms with van der Waals surface area (Å²) in [6, 6.07) is 0. The highest BCUT2D eigenvalue weighted by molar-refractivity contribution is 5.88. The van der Waals surface area contributed by atoms with Gasteiger partial charge in [-0.2, -0.15) is 0 Å². The molecular formula is C7H11NO. The summed E-state index contributed by atoms with van der Waals surface area (Å²) in [6.07, 6.45) is 4.01. The van der Waals surface area contributed by atoms with Crippen LogP contribution < -0.4 is 0 Å². The van der Waals surface area contributed by atoms with Gasteiger partial charge in [0.05, 0.1) is 7.11 Å². The van der Waals surface area contributed by atoms with E-state index in [-0.39, 0.29) is 0 Å². The van der Waals surface area contributed by atoms with E-state index in [9.17, 15) is 0 Å². The summed E-state index contributed by atoms with van der Waals surface area (Å²) in [5.41, 5.74) is 0. The maximum absolute atomic E-state index is 4.90. The van der Waals surface area contributed by atoms with Crippen molar-refractivity contribution >= 4 is 5.90 Å². The molecule has 0 saturated heterocycles. The second kappa shape index (κ2) is 2.67. The molecule has 1 heterocycles. The fourth-order valence-electron chi connectivity index (χ4n) is 0.727. The lowest BCUT2D eigenvalue weighted by molar-refractivity contribution is 0.401. The third-order valence-electron chi connectivity index (χ3n) is 1.31. The third kappa shape index (κ3) is 1.56. The summed E-state index contributed by atoms with van der Waals surface area (Å²) in [4.78, 5) is 4.14. The summed E-state index contributed by atoms with van der Waals surface area (Å²) in [6.45, 7) is 2.99. The van der Waals surface area contributed by atoms with E-state index in [0.717, 1.165) is 12.4 Å². The van der Waals surface area contributed by atoms with Crippen LogP contribution in [0.4, 0.5) is 0 Å². The Bertz CT molecular complexity index is 149. The average molecular weight is 125 g/mol. The quantitative estimate of drug-likeness (QED) is 0.477. The Morgan fingerprint density at radius 3 is 3.00 bits per heavy atom. The lowest BCUT2D eigenvalue weighted by atomic mass is 10.1. The van der Waals surface area contributed by atoms with Crippen LogP contribution in [-0.4, -0.2) is 19.6 Å². The van der Waals surface area contributed by atoms with Crippen molar-refractivity contribution in [2.45, 2.75) is 6.92 Å². The fraction of sp³-hybridized carbons (Fsp3) is 0.571. The molecular weight excluding hydrogens is 114 g/mol. The summed E-state index contributed by atoms with van der Waals surface area (Å²) < 4.78 is 4.90. The smallest absolute Gasteiger partial charge is 0.207 e. The first-order valence-corrected chi connectivity index (χ1v) is 3.09. The van der Waals surface area contributed by atoms with Gasteiger partial charge in [-0.3, -0.25) is 4.99 Å². The lowest BCUT2D eigenvalue weighted by Crippen LogP contribution is -2.07. The second-order valence-electron chi connectivity index (χ2n) is 2.22. The van der Waals surface area contributed by atoms with Crippen molar-refractivity contribution in [3.05, 3.63) is 12.2 Å². The van der Waals surface area contributed by atoms with Gasteiger partial charge in [0.25, 0.3) is 0 Å². The highest BCUT2D eigenvalue weighted by atomic mass is 16.5. The molecule has 0 bridgehead atoms.